The van der Waals surface area contributed by atoms with E-state index < -0.39 is 0 Å². The zero-order valence-corrected chi connectivity index (χ0v) is 21.0. The molecule has 4 nitrogen and oxygen atoms in total. The van der Waals surface area contributed by atoms with Gasteiger partial charge in [-0.25, -0.2) is 4.79 Å². The highest BCUT2D eigenvalue weighted by atomic mass is 35.5. The molecule has 0 aliphatic carbocycles. The molecule has 0 aliphatic heterocycles. The van der Waals surface area contributed by atoms with E-state index in [1.165, 1.54) is 10.4 Å². The molecule has 0 fully saturated rings. The maximum atomic E-state index is 12.8. The minimum Gasteiger partial charge on any atom is -0.494 e. The molecule has 0 aliphatic rings. The smallest absolute Gasteiger partial charge is 0.355 e. The van der Waals surface area contributed by atoms with Crippen molar-refractivity contribution in [1.82, 2.24) is 4.98 Å². The number of halogens is 1. The largest absolute Gasteiger partial charge is 0.494 e. The van der Waals surface area contributed by atoms with Crippen molar-refractivity contribution in [1.29, 1.82) is 0 Å². The lowest BCUT2D eigenvalue weighted by atomic mass is 10.0. The van der Waals surface area contributed by atoms with Crippen LogP contribution in [-0.2, 0) is 11.2 Å². The van der Waals surface area contributed by atoms with E-state index in [4.69, 9.17) is 21.1 Å². The number of rotatable bonds is 8. The lowest BCUT2D eigenvalue weighted by Gasteiger charge is -2.10. The number of H-pyrrole nitrogens is 1. The first-order valence-electron chi connectivity index (χ1n) is 11.1. The Morgan fingerprint density at radius 3 is 2.52 bits per heavy atom. The molecule has 0 atom stereocenters. The Kier molecular flexibility index (Phi) is 7.11. The number of carbonyl (C=O) groups is 1. The minimum atomic E-state index is -0.318. The summed E-state index contributed by atoms with van der Waals surface area (Å²) >= 11 is 7.98. The fourth-order valence-corrected chi connectivity index (χ4v) is 5.05. The highest BCUT2D eigenvalue weighted by Gasteiger charge is 2.21. The number of fused-ring (bicyclic) bond motifs is 1. The minimum absolute atomic E-state index is 0.318. The van der Waals surface area contributed by atoms with Gasteiger partial charge >= 0.3 is 5.97 Å². The van der Waals surface area contributed by atoms with Gasteiger partial charge in [0.15, 0.2) is 0 Å². The number of benzene rings is 2. The third kappa shape index (κ3) is 4.80. The van der Waals surface area contributed by atoms with E-state index in [1.807, 2.05) is 32.9 Å². The van der Waals surface area contributed by atoms with E-state index in [9.17, 15) is 4.79 Å². The van der Waals surface area contributed by atoms with Gasteiger partial charge in [-0.3, -0.25) is 0 Å². The molecule has 1 N–H and O–H groups in total. The van der Waals surface area contributed by atoms with E-state index in [1.54, 1.807) is 11.3 Å². The Bertz CT molecular complexity index is 1280. The van der Waals surface area contributed by atoms with Crippen LogP contribution in [-0.4, -0.2) is 24.2 Å². The fraction of sp³-hybridized carbons (Fsp3) is 0.296. The second-order valence-corrected chi connectivity index (χ2v) is 9.64. The number of hydrogen-bond donors (Lipinski definition) is 1. The molecule has 2 heterocycles. The van der Waals surface area contributed by atoms with Gasteiger partial charge in [0.1, 0.15) is 11.4 Å². The number of para-hydroxylation sites is 1. The summed E-state index contributed by atoms with van der Waals surface area (Å²) in [5.41, 5.74) is 6.78. The van der Waals surface area contributed by atoms with Crippen LogP contribution in [0.15, 0.2) is 41.8 Å². The van der Waals surface area contributed by atoms with Crippen molar-refractivity contribution in [2.75, 3.05) is 13.2 Å². The maximum absolute atomic E-state index is 12.8. The molecule has 172 valence electrons. The van der Waals surface area contributed by atoms with Crippen LogP contribution in [0.1, 0.15) is 45.4 Å². The van der Waals surface area contributed by atoms with Gasteiger partial charge in [-0.1, -0.05) is 29.8 Å². The van der Waals surface area contributed by atoms with E-state index >= 15 is 0 Å². The normalized spacial score (nSPS) is 11.2. The second-order valence-electron chi connectivity index (χ2n) is 8.14. The number of carbonyl (C=O) groups excluding carboxylic acids is 1. The van der Waals surface area contributed by atoms with Crippen molar-refractivity contribution in [3.63, 3.8) is 0 Å². The van der Waals surface area contributed by atoms with Crippen molar-refractivity contribution in [3.05, 3.63) is 74.1 Å². The van der Waals surface area contributed by atoms with Gasteiger partial charge in [0.05, 0.1) is 18.7 Å². The first-order chi connectivity index (χ1) is 15.9. The Morgan fingerprint density at radius 1 is 1.09 bits per heavy atom. The van der Waals surface area contributed by atoms with Crippen LogP contribution < -0.4 is 4.74 Å². The third-order valence-corrected chi connectivity index (χ3v) is 7.26. The highest BCUT2D eigenvalue weighted by Crippen LogP contribution is 2.36. The lowest BCUT2D eigenvalue weighted by molar-refractivity contribution is 0.0519. The number of aromatic amines is 1. The van der Waals surface area contributed by atoms with E-state index in [0.717, 1.165) is 50.3 Å². The zero-order valence-electron chi connectivity index (χ0n) is 19.4. The number of nitrogens with one attached hydrogen (secondary N) is 1. The van der Waals surface area contributed by atoms with Crippen LogP contribution >= 0.6 is 22.9 Å². The third-order valence-electron chi connectivity index (χ3n) is 5.82. The average molecular weight is 482 g/mol. The Balaban J connectivity index is 1.61. The molecule has 4 rings (SSSR count). The SMILES string of the molecule is CCOC(=O)c1[nH]c2c(-c3ccsc3C)cccc2c1CCCOc1cc(C)c(Cl)c(C)c1. The van der Waals surface area contributed by atoms with Crippen molar-refractivity contribution >= 4 is 39.8 Å². The molecule has 2 aromatic heterocycles. The maximum Gasteiger partial charge on any atom is 0.355 e. The molecule has 0 saturated carbocycles. The molecule has 2 aromatic carbocycles. The van der Waals surface area contributed by atoms with Gasteiger partial charge in [-0.15, -0.1) is 11.3 Å². The molecule has 0 unspecified atom stereocenters. The number of aromatic nitrogens is 1. The highest BCUT2D eigenvalue weighted by molar-refractivity contribution is 7.10. The quantitative estimate of drug-likeness (QED) is 0.207. The first kappa shape index (κ1) is 23.4. The summed E-state index contributed by atoms with van der Waals surface area (Å²) < 4.78 is 11.3. The van der Waals surface area contributed by atoms with Crippen LogP contribution in [0.2, 0.25) is 5.02 Å². The topological polar surface area (TPSA) is 51.3 Å². The number of aryl methyl sites for hydroxylation is 4. The van der Waals surface area contributed by atoms with Crippen LogP contribution in [0, 0.1) is 20.8 Å². The lowest BCUT2D eigenvalue weighted by Crippen LogP contribution is -2.09. The fourth-order valence-electron chi connectivity index (χ4n) is 4.23. The average Bonchev–Trinajstić information content (AvgIpc) is 3.38. The summed E-state index contributed by atoms with van der Waals surface area (Å²) in [4.78, 5) is 17.4. The molecular weight excluding hydrogens is 454 g/mol. The van der Waals surface area contributed by atoms with Crippen molar-refractivity contribution in [2.24, 2.45) is 0 Å². The van der Waals surface area contributed by atoms with Gasteiger partial charge in [0.2, 0.25) is 0 Å². The number of hydrogen-bond acceptors (Lipinski definition) is 4. The van der Waals surface area contributed by atoms with Crippen LogP contribution in [0.3, 0.4) is 0 Å². The second kappa shape index (κ2) is 10.0. The van der Waals surface area contributed by atoms with Gasteiger partial charge in [-0.05, 0) is 86.4 Å². The first-order valence-corrected chi connectivity index (χ1v) is 12.4. The molecule has 0 spiro atoms. The Morgan fingerprint density at radius 2 is 1.85 bits per heavy atom. The zero-order chi connectivity index (χ0) is 23.5. The van der Waals surface area contributed by atoms with Crippen LogP contribution in [0.25, 0.3) is 22.0 Å². The van der Waals surface area contributed by atoms with Crippen molar-refractivity contribution in [2.45, 2.75) is 40.5 Å². The number of thiophene rings is 1. The molecule has 0 amide bonds. The molecule has 0 radical (unpaired) electrons. The monoisotopic (exact) mass is 481 g/mol. The molecule has 6 heteroatoms. The number of esters is 1. The number of ether oxygens (including phenoxy) is 2. The summed E-state index contributed by atoms with van der Waals surface area (Å²) in [6.07, 6.45) is 1.47. The summed E-state index contributed by atoms with van der Waals surface area (Å²) in [5.74, 6) is 0.496. The van der Waals surface area contributed by atoms with E-state index in [2.05, 4.69) is 41.6 Å². The molecule has 0 saturated heterocycles. The van der Waals surface area contributed by atoms with Crippen LogP contribution in [0.5, 0.6) is 5.75 Å². The standard InChI is InChI=1S/C27H28ClNO3S/c1-5-31-27(30)26-23(10-7-12-32-19-14-16(2)24(28)17(3)15-19)22-9-6-8-21(25(22)29-26)20-11-13-33-18(20)4/h6,8-9,11,13-15,29H,5,7,10,12H2,1-4H3. The molecular formula is C27H28ClNO3S. The van der Waals surface area contributed by atoms with Gasteiger partial charge < -0.3 is 14.5 Å². The van der Waals surface area contributed by atoms with Crippen molar-refractivity contribution in [3.8, 4) is 16.9 Å². The van der Waals surface area contributed by atoms with Gasteiger partial charge in [0.25, 0.3) is 0 Å². The van der Waals surface area contributed by atoms with Gasteiger partial charge in [-0.2, -0.15) is 0 Å². The van der Waals surface area contributed by atoms with Crippen molar-refractivity contribution < 1.29 is 14.3 Å². The van der Waals surface area contributed by atoms with Gasteiger partial charge in [0, 0.05) is 20.8 Å². The molecule has 0 bridgehead atoms. The van der Waals surface area contributed by atoms with E-state index in [0.29, 0.717) is 25.3 Å². The summed E-state index contributed by atoms with van der Waals surface area (Å²) in [7, 11) is 0. The summed E-state index contributed by atoms with van der Waals surface area (Å²) in [6.45, 7) is 8.77. The Hall–Kier alpha value is -2.76. The van der Waals surface area contributed by atoms with E-state index in [-0.39, 0.29) is 5.97 Å². The predicted molar refractivity (Wildman–Crippen MR) is 137 cm³/mol. The summed E-state index contributed by atoms with van der Waals surface area (Å²) in [5, 5.41) is 3.92. The molecule has 33 heavy (non-hydrogen) atoms. The predicted octanol–water partition coefficient (Wildman–Crippen LogP) is 7.66. The Labute approximate surface area is 203 Å². The molecule has 4 aromatic rings. The van der Waals surface area contributed by atoms with Crippen LogP contribution in [0.4, 0.5) is 0 Å². The summed E-state index contributed by atoms with van der Waals surface area (Å²) in [6, 6.07) is 12.3.